The van der Waals surface area contributed by atoms with E-state index in [0.29, 0.717) is 59.6 Å². The minimum absolute atomic E-state index is 0.0479. The molecule has 3 aromatic heterocycles. The molecule has 1 aromatic carbocycles. The Morgan fingerprint density at radius 1 is 1.05 bits per heavy atom. The van der Waals surface area contributed by atoms with Crippen molar-refractivity contribution >= 4 is 40.2 Å². The Bertz CT molecular complexity index is 1530. The van der Waals surface area contributed by atoms with Crippen molar-refractivity contribution in [3.8, 4) is 5.88 Å². The lowest BCUT2D eigenvalue weighted by Gasteiger charge is -2.40. The normalized spacial score (nSPS) is 19.7. The first-order chi connectivity index (χ1) is 19.3. The van der Waals surface area contributed by atoms with Crippen molar-refractivity contribution in [2.75, 3.05) is 31.1 Å². The van der Waals surface area contributed by atoms with Crippen LogP contribution < -0.4 is 9.64 Å². The van der Waals surface area contributed by atoms with Crippen molar-refractivity contribution in [3.05, 3.63) is 69.6 Å². The minimum atomic E-state index is -0.469. The van der Waals surface area contributed by atoms with E-state index in [4.69, 9.17) is 37.7 Å². The van der Waals surface area contributed by atoms with Crippen LogP contribution >= 0.6 is 23.2 Å². The number of benzene rings is 1. The van der Waals surface area contributed by atoms with Crippen molar-refractivity contribution in [3.63, 3.8) is 0 Å². The summed E-state index contributed by atoms with van der Waals surface area (Å²) in [6.07, 6.45) is 1.12. The van der Waals surface area contributed by atoms with Gasteiger partial charge in [0.15, 0.2) is 22.4 Å². The molecule has 0 amide bonds. The van der Waals surface area contributed by atoms with Gasteiger partial charge in [-0.15, -0.1) is 10.2 Å². The number of nitrogens with zero attached hydrogens (tertiary/aromatic N) is 7. The van der Waals surface area contributed by atoms with Crippen LogP contribution in [0.15, 0.2) is 36.4 Å². The van der Waals surface area contributed by atoms with E-state index in [0.717, 1.165) is 18.9 Å². The minimum Gasteiger partial charge on any atom is -0.473 e. The topological polar surface area (TPSA) is 81.4 Å². The molecule has 210 valence electrons. The van der Waals surface area contributed by atoms with Gasteiger partial charge in [0.2, 0.25) is 5.88 Å². The van der Waals surface area contributed by atoms with E-state index >= 15 is 0 Å². The number of hydrogen-bond acceptors (Lipinski definition) is 8. The summed E-state index contributed by atoms with van der Waals surface area (Å²) in [5, 5.41) is 8.89. The first-order valence-electron chi connectivity index (χ1n) is 13.1. The second-order valence-electron chi connectivity index (χ2n) is 10.0. The van der Waals surface area contributed by atoms with Crippen LogP contribution in [0.5, 0.6) is 5.88 Å². The van der Waals surface area contributed by atoms with Crippen LogP contribution in [0.1, 0.15) is 24.7 Å². The summed E-state index contributed by atoms with van der Waals surface area (Å²) in [5.41, 5.74) is 1.72. The van der Waals surface area contributed by atoms with Crippen LogP contribution in [0.4, 0.5) is 14.6 Å². The van der Waals surface area contributed by atoms with Gasteiger partial charge in [-0.2, -0.15) is 4.98 Å². The number of piperazine rings is 1. The number of hydrogen-bond donors (Lipinski definition) is 0. The van der Waals surface area contributed by atoms with E-state index in [2.05, 4.69) is 31.6 Å². The first kappa shape index (κ1) is 27.1. The van der Waals surface area contributed by atoms with Crippen LogP contribution in [-0.4, -0.2) is 68.0 Å². The number of pyridine rings is 1. The molecule has 4 aromatic rings. The van der Waals surface area contributed by atoms with Crippen LogP contribution in [-0.2, 0) is 24.4 Å². The molecule has 5 heterocycles. The van der Waals surface area contributed by atoms with Crippen molar-refractivity contribution in [2.45, 2.75) is 45.2 Å². The highest BCUT2D eigenvalue weighted by atomic mass is 35.5. The number of halogens is 4. The average Bonchev–Trinajstić information content (AvgIpc) is 3.23. The summed E-state index contributed by atoms with van der Waals surface area (Å²) in [6, 6.07) is 8.93. The van der Waals surface area contributed by atoms with Crippen LogP contribution in [0, 0.1) is 11.6 Å². The molecule has 0 saturated carbocycles. The maximum Gasteiger partial charge on any atom is 0.215 e. The lowest BCUT2D eigenvalue weighted by atomic mass is 10.1. The zero-order valence-corrected chi connectivity index (χ0v) is 23.2. The van der Waals surface area contributed by atoms with Gasteiger partial charge in [0.05, 0.1) is 19.2 Å². The molecule has 2 aliphatic rings. The van der Waals surface area contributed by atoms with Crippen LogP contribution in [0.2, 0.25) is 10.2 Å². The summed E-state index contributed by atoms with van der Waals surface area (Å²) in [5.74, 6) is 0.371. The Kier molecular flexibility index (Phi) is 7.71. The van der Waals surface area contributed by atoms with E-state index in [1.807, 2.05) is 4.90 Å². The molecule has 0 unspecified atom stereocenters. The van der Waals surface area contributed by atoms with Crippen LogP contribution in [0.25, 0.3) is 11.2 Å². The zero-order valence-electron chi connectivity index (χ0n) is 21.7. The van der Waals surface area contributed by atoms with E-state index in [1.54, 1.807) is 18.2 Å². The van der Waals surface area contributed by atoms with E-state index in [1.165, 1.54) is 18.2 Å². The predicted octanol–water partition coefficient (Wildman–Crippen LogP) is 4.88. The van der Waals surface area contributed by atoms with E-state index in [-0.39, 0.29) is 30.5 Å². The molecule has 2 saturated heterocycles. The first-order valence-corrected chi connectivity index (χ1v) is 13.8. The predicted molar refractivity (Wildman–Crippen MR) is 147 cm³/mol. The van der Waals surface area contributed by atoms with Gasteiger partial charge < -0.3 is 18.9 Å². The standard InChI is InChI=1S/C27H27Cl2F2N7O2/c1-16-12-37(26-20(30)4-5-25(33-26)40-15-17-2-3-18(28)10-21(17)31)8-7-36(16)14-24-32-22-11-23(29)34-35-27(22)38(24)13-19-6-9-39-19/h2-5,10-11,16,19H,6-9,12-15H2,1H3/t16-,19-/m0/s1. The summed E-state index contributed by atoms with van der Waals surface area (Å²) in [4.78, 5) is 13.4. The Hall–Kier alpha value is -3.12. The number of rotatable bonds is 8. The van der Waals surface area contributed by atoms with Crippen molar-refractivity contribution in [2.24, 2.45) is 0 Å². The zero-order chi connectivity index (χ0) is 27.8. The highest BCUT2D eigenvalue weighted by Gasteiger charge is 2.29. The van der Waals surface area contributed by atoms with Gasteiger partial charge in [-0.25, -0.2) is 13.8 Å². The largest absolute Gasteiger partial charge is 0.473 e. The molecular formula is C27H27Cl2F2N7O2. The SMILES string of the molecule is C[C@H]1CN(c2nc(OCc3ccc(Cl)cc3F)ccc2F)CCN1Cc1nc2cc(Cl)nnc2n1C[C@@H]1CCO1. The van der Waals surface area contributed by atoms with Crippen molar-refractivity contribution in [1.29, 1.82) is 0 Å². The van der Waals surface area contributed by atoms with Gasteiger partial charge in [0.1, 0.15) is 23.8 Å². The van der Waals surface area contributed by atoms with Crippen molar-refractivity contribution < 1.29 is 18.3 Å². The fraction of sp³-hybridized carbons (Fsp3) is 0.407. The van der Waals surface area contributed by atoms with Crippen molar-refractivity contribution in [1.82, 2.24) is 29.6 Å². The van der Waals surface area contributed by atoms with Gasteiger partial charge >= 0.3 is 0 Å². The fourth-order valence-electron chi connectivity index (χ4n) is 5.00. The fourth-order valence-corrected chi connectivity index (χ4v) is 5.30. The lowest BCUT2D eigenvalue weighted by molar-refractivity contribution is -0.0593. The number of aromatic nitrogens is 5. The summed E-state index contributed by atoms with van der Waals surface area (Å²) in [7, 11) is 0. The molecule has 2 fully saturated rings. The van der Waals surface area contributed by atoms with E-state index < -0.39 is 11.6 Å². The molecule has 0 bridgehead atoms. The highest BCUT2D eigenvalue weighted by molar-refractivity contribution is 6.30. The molecule has 0 radical (unpaired) electrons. The monoisotopic (exact) mass is 589 g/mol. The Balaban J connectivity index is 1.14. The third-order valence-corrected chi connectivity index (χ3v) is 7.74. The molecule has 9 nitrogen and oxygen atoms in total. The molecule has 0 N–H and O–H groups in total. The smallest absolute Gasteiger partial charge is 0.215 e. The molecule has 13 heteroatoms. The Morgan fingerprint density at radius 2 is 1.90 bits per heavy atom. The van der Waals surface area contributed by atoms with Gasteiger partial charge in [-0.3, -0.25) is 4.90 Å². The van der Waals surface area contributed by atoms with Gasteiger partial charge in [-0.05, 0) is 31.5 Å². The molecular weight excluding hydrogens is 563 g/mol. The second-order valence-corrected chi connectivity index (χ2v) is 10.9. The Morgan fingerprint density at radius 3 is 2.65 bits per heavy atom. The molecule has 0 aliphatic carbocycles. The number of imidazole rings is 1. The maximum atomic E-state index is 14.9. The number of ether oxygens (including phenoxy) is 2. The average molecular weight is 590 g/mol. The molecule has 0 spiro atoms. The summed E-state index contributed by atoms with van der Waals surface area (Å²) in [6.45, 7) is 5.81. The molecule has 40 heavy (non-hydrogen) atoms. The third kappa shape index (κ3) is 5.69. The van der Waals surface area contributed by atoms with E-state index in [9.17, 15) is 8.78 Å². The molecule has 6 rings (SSSR count). The quantitative estimate of drug-likeness (QED) is 0.287. The lowest BCUT2D eigenvalue weighted by Crippen LogP contribution is -2.52. The van der Waals surface area contributed by atoms with Gasteiger partial charge in [0, 0.05) is 55.0 Å². The highest BCUT2D eigenvalue weighted by Crippen LogP contribution is 2.27. The van der Waals surface area contributed by atoms with Gasteiger partial charge in [0.25, 0.3) is 0 Å². The van der Waals surface area contributed by atoms with Gasteiger partial charge in [-0.1, -0.05) is 29.3 Å². The molecule has 2 aliphatic heterocycles. The number of fused-ring (bicyclic) bond motifs is 1. The molecule has 2 atom stereocenters. The maximum absolute atomic E-state index is 14.9. The number of anilines is 1. The second kappa shape index (κ2) is 11.4. The third-order valence-electron chi connectivity index (χ3n) is 7.32. The Labute approximate surface area is 239 Å². The summed E-state index contributed by atoms with van der Waals surface area (Å²) >= 11 is 11.9. The van der Waals surface area contributed by atoms with Crippen LogP contribution in [0.3, 0.4) is 0 Å². The summed E-state index contributed by atoms with van der Waals surface area (Å²) < 4.78 is 42.4.